The number of benzene rings is 1. The summed E-state index contributed by atoms with van der Waals surface area (Å²) in [6.45, 7) is 7.92. The number of hydrogen-bond donors (Lipinski definition) is 0. The topological polar surface area (TPSA) is 30.2 Å². The van der Waals surface area contributed by atoms with Crippen molar-refractivity contribution in [1.29, 1.82) is 0 Å². The summed E-state index contributed by atoms with van der Waals surface area (Å²) in [4.78, 5) is 11.8. The zero-order chi connectivity index (χ0) is 11.7. The number of fused-ring (bicyclic) bond motifs is 1. The summed E-state index contributed by atoms with van der Waals surface area (Å²) in [6.07, 6.45) is 0.498. The van der Waals surface area contributed by atoms with Gasteiger partial charge in [-0.05, 0) is 24.5 Å². The molecule has 0 saturated carbocycles. The fourth-order valence-corrected chi connectivity index (χ4v) is 1.83. The molecule has 0 fully saturated rings. The van der Waals surface area contributed by atoms with E-state index in [4.69, 9.17) is 4.42 Å². The Kier molecular flexibility index (Phi) is 2.82. The maximum atomic E-state index is 11.8. The van der Waals surface area contributed by atoms with Crippen LogP contribution >= 0.6 is 0 Å². The van der Waals surface area contributed by atoms with E-state index in [2.05, 4.69) is 20.8 Å². The first kappa shape index (κ1) is 10.9. The van der Waals surface area contributed by atoms with Gasteiger partial charge >= 0.3 is 0 Å². The Labute approximate surface area is 94.9 Å². The van der Waals surface area contributed by atoms with E-state index < -0.39 is 0 Å². The predicted molar refractivity (Wildman–Crippen MR) is 65.6 cm³/mol. The van der Waals surface area contributed by atoms with Crippen LogP contribution in [0.4, 0.5) is 0 Å². The second kappa shape index (κ2) is 4.12. The number of hydrogen-bond acceptors (Lipinski definition) is 2. The molecule has 0 aliphatic rings. The first-order chi connectivity index (χ1) is 7.63. The fourth-order valence-electron chi connectivity index (χ4n) is 1.83. The van der Waals surface area contributed by atoms with Crippen LogP contribution in [0.25, 0.3) is 11.0 Å². The summed E-state index contributed by atoms with van der Waals surface area (Å²) in [5.41, 5.74) is 1.80. The molecule has 1 aromatic heterocycles. The average Bonchev–Trinajstić information content (AvgIpc) is 2.28. The Hall–Kier alpha value is -1.57. The summed E-state index contributed by atoms with van der Waals surface area (Å²) in [5, 5.41) is 0.656. The lowest BCUT2D eigenvalue weighted by Gasteiger charge is -2.09. The highest BCUT2D eigenvalue weighted by Crippen LogP contribution is 2.24. The molecule has 2 nitrogen and oxygen atoms in total. The third-order valence-corrected chi connectivity index (χ3v) is 2.70. The van der Waals surface area contributed by atoms with Crippen LogP contribution in [0.5, 0.6) is 0 Å². The minimum atomic E-state index is 0.0161. The molecule has 0 aliphatic carbocycles. The molecule has 0 bridgehead atoms. The molecule has 1 radical (unpaired) electrons. The van der Waals surface area contributed by atoms with E-state index in [1.54, 1.807) is 6.07 Å². The summed E-state index contributed by atoms with van der Waals surface area (Å²) in [6, 6.07) is 7.24. The van der Waals surface area contributed by atoms with E-state index in [0.29, 0.717) is 29.1 Å². The standard InChI is InChI=1S/C14H15O2/c1-4-10-8-13(15)12-7-5-6-11(9(2)3)14(12)16-10/h5-9H,1,4H2,2-3H3. The lowest BCUT2D eigenvalue weighted by molar-refractivity contribution is 0.545. The highest BCUT2D eigenvalue weighted by atomic mass is 16.3. The Morgan fingerprint density at radius 3 is 2.75 bits per heavy atom. The quantitative estimate of drug-likeness (QED) is 0.769. The van der Waals surface area contributed by atoms with Crippen molar-refractivity contribution in [3.8, 4) is 0 Å². The van der Waals surface area contributed by atoms with Crippen LogP contribution in [0.1, 0.15) is 31.1 Å². The van der Waals surface area contributed by atoms with Gasteiger partial charge in [0.15, 0.2) is 5.43 Å². The molecule has 0 saturated heterocycles. The van der Waals surface area contributed by atoms with E-state index in [0.717, 1.165) is 5.56 Å². The Balaban J connectivity index is 2.85. The van der Waals surface area contributed by atoms with Gasteiger partial charge in [-0.2, -0.15) is 0 Å². The van der Waals surface area contributed by atoms with E-state index >= 15 is 0 Å². The van der Waals surface area contributed by atoms with Crippen molar-refractivity contribution < 1.29 is 4.42 Å². The molecule has 1 heterocycles. The van der Waals surface area contributed by atoms with Crippen molar-refractivity contribution in [2.24, 2.45) is 0 Å². The van der Waals surface area contributed by atoms with Crippen LogP contribution in [-0.2, 0) is 6.42 Å². The van der Waals surface area contributed by atoms with Crippen molar-refractivity contribution in [3.63, 3.8) is 0 Å². The first-order valence-electron chi connectivity index (χ1n) is 5.48. The van der Waals surface area contributed by atoms with E-state index in [1.165, 1.54) is 6.07 Å². The summed E-state index contributed by atoms with van der Waals surface area (Å²) < 4.78 is 5.72. The molecule has 0 atom stereocenters. The maximum Gasteiger partial charge on any atom is 0.192 e. The highest BCUT2D eigenvalue weighted by molar-refractivity contribution is 5.80. The van der Waals surface area contributed by atoms with Gasteiger partial charge in [0.1, 0.15) is 11.3 Å². The third-order valence-electron chi connectivity index (χ3n) is 2.70. The van der Waals surface area contributed by atoms with Gasteiger partial charge in [0.05, 0.1) is 5.39 Å². The predicted octanol–water partition coefficient (Wildman–Crippen LogP) is 3.29. The van der Waals surface area contributed by atoms with Gasteiger partial charge in [-0.15, -0.1) is 0 Å². The average molecular weight is 215 g/mol. The number of para-hydroxylation sites is 1. The Morgan fingerprint density at radius 1 is 1.38 bits per heavy atom. The second-order valence-electron chi connectivity index (χ2n) is 4.21. The van der Waals surface area contributed by atoms with Gasteiger partial charge in [0.2, 0.25) is 0 Å². The molecule has 0 unspecified atom stereocenters. The molecule has 0 aliphatic heterocycles. The zero-order valence-electron chi connectivity index (χ0n) is 9.62. The van der Waals surface area contributed by atoms with Crippen molar-refractivity contribution in [1.82, 2.24) is 0 Å². The molecule has 0 spiro atoms. The first-order valence-corrected chi connectivity index (χ1v) is 5.48. The molecule has 2 aromatic rings. The fraction of sp³-hybridized carbons (Fsp3) is 0.286. The normalized spacial score (nSPS) is 11.2. The molecule has 0 amide bonds. The lowest BCUT2D eigenvalue weighted by atomic mass is 10.0. The van der Waals surface area contributed by atoms with Crippen LogP contribution in [0.3, 0.4) is 0 Å². The largest absolute Gasteiger partial charge is 0.461 e. The molecule has 83 valence electrons. The maximum absolute atomic E-state index is 11.8. The molecule has 2 heteroatoms. The molecule has 0 N–H and O–H groups in total. The summed E-state index contributed by atoms with van der Waals surface area (Å²) in [5.74, 6) is 0.984. The molecular weight excluding hydrogens is 200 g/mol. The second-order valence-corrected chi connectivity index (χ2v) is 4.21. The lowest BCUT2D eigenvalue weighted by Crippen LogP contribution is -2.03. The van der Waals surface area contributed by atoms with Crippen LogP contribution < -0.4 is 5.43 Å². The van der Waals surface area contributed by atoms with Gasteiger partial charge in [0.25, 0.3) is 0 Å². The van der Waals surface area contributed by atoms with Crippen LogP contribution in [-0.4, -0.2) is 0 Å². The summed E-state index contributed by atoms with van der Waals surface area (Å²) in [7, 11) is 0. The molecule has 2 rings (SSSR count). The van der Waals surface area contributed by atoms with Crippen molar-refractivity contribution in [2.45, 2.75) is 26.2 Å². The Bertz CT molecular complexity index is 564. The molecule has 1 aromatic carbocycles. The van der Waals surface area contributed by atoms with Crippen LogP contribution in [0.15, 0.2) is 33.5 Å². The van der Waals surface area contributed by atoms with E-state index in [-0.39, 0.29) is 5.43 Å². The van der Waals surface area contributed by atoms with Gasteiger partial charge in [-0.1, -0.05) is 26.0 Å². The van der Waals surface area contributed by atoms with Crippen molar-refractivity contribution in [2.75, 3.05) is 0 Å². The highest BCUT2D eigenvalue weighted by Gasteiger charge is 2.10. The van der Waals surface area contributed by atoms with E-state index in [1.807, 2.05) is 12.1 Å². The minimum Gasteiger partial charge on any atom is -0.461 e. The zero-order valence-corrected chi connectivity index (χ0v) is 9.62. The van der Waals surface area contributed by atoms with Gasteiger partial charge in [0, 0.05) is 12.5 Å². The van der Waals surface area contributed by atoms with Crippen LogP contribution in [0.2, 0.25) is 0 Å². The van der Waals surface area contributed by atoms with Gasteiger partial charge in [-0.25, -0.2) is 0 Å². The number of rotatable bonds is 2. The third kappa shape index (κ3) is 1.75. The van der Waals surface area contributed by atoms with Gasteiger partial charge in [-0.3, -0.25) is 4.79 Å². The van der Waals surface area contributed by atoms with Gasteiger partial charge < -0.3 is 4.42 Å². The van der Waals surface area contributed by atoms with Crippen LogP contribution in [0, 0.1) is 6.92 Å². The molecule has 16 heavy (non-hydrogen) atoms. The monoisotopic (exact) mass is 215 g/mol. The smallest absolute Gasteiger partial charge is 0.192 e. The molecular formula is C14H15O2. The Morgan fingerprint density at radius 2 is 2.12 bits per heavy atom. The summed E-state index contributed by atoms with van der Waals surface area (Å²) >= 11 is 0. The van der Waals surface area contributed by atoms with Crippen molar-refractivity contribution >= 4 is 11.0 Å². The SMILES string of the molecule is [CH2]Cc1cc(=O)c2cccc(C(C)C)c2o1. The van der Waals surface area contributed by atoms with E-state index in [9.17, 15) is 4.79 Å². The van der Waals surface area contributed by atoms with Crippen molar-refractivity contribution in [3.05, 3.63) is 52.7 Å². The minimum absolute atomic E-state index is 0.0161.